The Hall–Kier alpha value is -2.83. The minimum Gasteiger partial charge on any atom is -0.481 e. The van der Waals surface area contributed by atoms with Crippen LogP contribution in [0.5, 0.6) is 0 Å². The first-order chi connectivity index (χ1) is 12.4. The maximum Gasteiger partial charge on any atom is 0.323 e. The van der Waals surface area contributed by atoms with Gasteiger partial charge in [-0.1, -0.05) is 38.1 Å². The number of carboxylic acids is 1. The molecule has 1 aromatic carbocycles. The van der Waals surface area contributed by atoms with E-state index in [1.165, 1.54) is 10.5 Å². The first-order valence-electron chi connectivity index (χ1n) is 8.83. The number of urea groups is 1. The molecular formula is C19H24N4O3. The second-order valence-electron chi connectivity index (χ2n) is 6.97. The van der Waals surface area contributed by atoms with Crippen LogP contribution < -0.4 is 5.32 Å². The Labute approximate surface area is 152 Å². The van der Waals surface area contributed by atoms with Crippen molar-refractivity contribution in [3.8, 4) is 0 Å². The number of aliphatic carboxylic acids is 1. The third-order valence-electron chi connectivity index (χ3n) is 4.75. The first-order valence-corrected chi connectivity index (χ1v) is 8.83. The van der Waals surface area contributed by atoms with Crippen molar-refractivity contribution >= 4 is 17.8 Å². The van der Waals surface area contributed by atoms with E-state index in [9.17, 15) is 9.59 Å². The Balaban J connectivity index is 1.63. The fourth-order valence-electron chi connectivity index (χ4n) is 3.08. The fraction of sp³-hybridized carbons (Fsp3) is 0.421. The number of hydrogen-bond acceptors (Lipinski definition) is 3. The second-order valence-corrected chi connectivity index (χ2v) is 6.97. The third-order valence-corrected chi connectivity index (χ3v) is 4.75. The number of rotatable bonds is 5. The van der Waals surface area contributed by atoms with E-state index in [4.69, 9.17) is 5.11 Å². The minimum absolute atomic E-state index is 0.242. The third kappa shape index (κ3) is 4.04. The summed E-state index contributed by atoms with van der Waals surface area (Å²) >= 11 is 0. The number of carboxylic acid groups (broad SMARTS) is 1. The molecule has 2 aromatic rings. The summed E-state index contributed by atoms with van der Waals surface area (Å²) in [5.74, 6) is -0.249. The SMILES string of the molecule is CC(C)c1ccc(Cn2nccc2NC(=O)N2CCC(C(=O)O)C2)cc1. The number of likely N-dealkylation sites (tertiary alicyclic amines) is 1. The predicted molar refractivity (Wildman–Crippen MR) is 98.2 cm³/mol. The maximum atomic E-state index is 12.4. The van der Waals surface area contributed by atoms with E-state index in [0.29, 0.717) is 31.2 Å². The van der Waals surface area contributed by atoms with E-state index in [1.807, 2.05) is 0 Å². The highest BCUT2D eigenvalue weighted by Gasteiger charge is 2.31. The molecule has 0 spiro atoms. The lowest BCUT2D eigenvalue weighted by Crippen LogP contribution is -2.34. The zero-order chi connectivity index (χ0) is 18.7. The number of aromatic nitrogens is 2. The molecule has 1 saturated heterocycles. The molecule has 0 saturated carbocycles. The van der Waals surface area contributed by atoms with Crippen LogP contribution >= 0.6 is 0 Å². The Morgan fingerprint density at radius 2 is 2.00 bits per heavy atom. The fourth-order valence-corrected chi connectivity index (χ4v) is 3.08. The summed E-state index contributed by atoms with van der Waals surface area (Å²) in [6.07, 6.45) is 2.13. The van der Waals surface area contributed by atoms with Crippen LogP contribution in [-0.4, -0.2) is 44.9 Å². The van der Waals surface area contributed by atoms with Gasteiger partial charge < -0.3 is 10.0 Å². The van der Waals surface area contributed by atoms with Crippen molar-refractivity contribution in [3.63, 3.8) is 0 Å². The topological polar surface area (TPSA) is 87.5 Å². The lowest BCUT2D eigenvalue weighted by atomic mass is 10.0. The lowest BCUT2D eigenvalue weighted by molar-refractivity contribution is -0.141. The van der Waals surface area contributed by atoms with Crippen molar-refractivity contribution in [2.75, 3.05) is 18.4 Å². The molecule has 26 heavy (non-hydrogen) atoms. The smallest absolute Gasteiger partial charge is 0.323 e. The van der Waals surface area contributed by atoms with Crippen molar-refractivity contribution in [1.29, 1.82) is 0 Å². The zero-order valence-corrected chi connectivity index (χ0v) is 15.1. The Morgan fingerprint density at radius 1 is 1.27 bits per heavy atom. The van der Waals surface area contributed by atoms with Crippen molar-refractivity contribution in [3.05, 3.63) is 47.7 Å². The molecule has 1 unspecified atom stereocenters. The summed E-state index contributed by atoms with van der Waals surface area (Å²) in [6.45, 7) is 5.56. The highest BCUT2D eigenvalue weighted by Crippen LogP contribution is 2.19. The Morgan fingerprint density at radius 3 is 2.62 bits per heavy atom. The highest BCUT2D eigenvalue weighted by molar-refractivity contribution is 5.89. The van der Waals surface area contributed by atoms with Crippen molar-refractivity contribution < 1.29 is 14.7 Å². The molecule has 2 N–H and O–H groups in total. The molecule has 1 aliphatic rings. The standard InChI is InChI=1S/C19H24N4O3/c1-13(2)15-5-3-14(4-6-15)11-23-17(7-9-20-23)21-19(26)22-10-8-16(12-22)18(24)25/h3-7,9,13,16H,8,10-12H2,1-2H3,(H,21,26)(H,24,25). The molecule has 0 bridgehead atoms. The van der Waals surface area contributed by atoms with Crippen molar-refractivity contribution in [1.82, 2.24) is 14.7 Å². The summed E-state index contributed by atoms with van der Waals surface area (Å²) in [6, 6.07) is 9.81. The van der Waals surface area contributed by atoms with E-state index >= 15 is 0 Å². The molecule has 7 heteroatoms. The van der Waals surface area contributed by atoms with Crippen LogP contribution in [0.4, 0.5) is 10.6 Å². The van der Waals surface area contributed by atoms with Crippen LogP contribution in [0, 0.1) is 5.92 Å². The number of carbonyl (C=O) groups is 2. The largest absolute Gasteiger partial charge is 0.481 e. The van der Waals surface area contributed by atoms with Crippen LogP contribution in [0.25, 0.3) is 0 Å². The van der Waals surface area contributed by atoms with E-state index in [1.54, 1.807) is 16.9 Å². The minimum atomic E-state index is -0.852. The highest BCUT2D eigenvalue weighted by atomic mass is 16.4. The molecule has 1 aromatic heterocycles. The van der Waals surface area contributed by atoms with Crippen LogP contribution in [0.1, 0.15) is 37.3 Å². The van der Waals surface area contributed by atoms with E-state index in [0.717, 1.165) is 5.56 Å². The number of anilines is 1. The molecule has 1 atom stereocenters. The molecule has 3 rings (SSSR count). The van der Waals surface area contributed by atoms with Gasteiger partial charge in [0.2, 0.25) is 0 Å². The van der Waals surface area contributed by atoms with Gasteiger partial charge in [-0.2, -0.15) is 5.10 Å². The van der Waals surface area contributed by atoms with Gasteiger partial charge in [-0.05, 0) is 23.5 Å². The summed E-state index contributed by atoms with van der Waals surface area (Å²) in [5.41, 5.74) is 2.38. The average Bonchev–Trinajstić information content (AvgIpc) is 3.25. The van der Waals surface area contributed by atoms with Crippen LogP contribution in [0.2, 0.25) is 0 Å². The van der Waals surface area contributed by atoms with Gasteiger partial charge in [0, 0.05) is 19.2 Å². The normalized spacial score (nSPS) is 16.9. The number of benzene rings is 1. The predicted octanol–water partition coefficient (Wildman–Crippen LogP) is 2.99. The number of nitrogens with one attached hydrogen (secondary N) is 1. The summed E-state index contributed by atoms with van der Waals surface area (Å²) in [4.78, 5) is 25.0. The number of nitrogens with zero attached hydrogens (tertiary/aromatic N) is 3. The number of amides is 2. The zero-order valence-electron chi connectivity index (χ0n) is 15.1. The van der Waals surface area contributed by atoms with Gasteiger partial charge in [-0.15, -0.1) is 0 Å². The average molecular weight is 356 g/mol. The molecule has 2 amide bonds. The molecule has 138 valence electrons. The maximum absolute atomic E-state index is 12.4. The van der Waals surface area contributed by atoms with Crippen LogP contribution in [0.3, 0.4) is 0 Å². The number of carbonyl (C=O) groups excluding carboxylic acids is 1. The molecule has 1 fully saturated rings. The van der Waals surface area contributed by atoms with Gasteiger partial charge in [-0.25, -0.2) is 9.48 Å². The molecule has 0 radical (unpaired) electrons. The molecule has 7 nitrogen and oxygen atoms in total. The van der Waals surface area contributed by atoms with Crippen LogP contribution in [-0.2, 0) is 11.3 Å². The lowest BCUT2D eigenvalue weighted by Gasteiger charge is -2.17. The molecule has 1 aliphatic heterocycles. The van der Waals surface area contributed by atoms with E-state index < -0.39 is 11.9 Å². The molecule has 2 heterocycles. The second kappa shape index (κ2) is 7.59. The number of hydrogen-bond donors (Lipinski definition) is 2. The summed E-state index contributed by atoms with van der Waals surface area (Å²) in [7, 11) is 0. The molecule has 0 aliphatic carbocycles. The van der Waals surface area contributed by atoms with Gasteiger partial charge in [-0.3, -0.25) is 10.1 Å². The monoisotopic (exact) mass is 356 g/mol. The van der Waals surface area contributed by atoms with E-state index in [2.05, 4.69) is 48.5 Å². The van der Waals surface area contributed by atoms with Gasteiger partial charge in [0.15, 0.2) is 0 Å². The first kappa shape index (κ1) is 18.0. The summed E-state index contributed by atoms with van der Waals surface area (Å²) in [5, 5.41) is 16.2. The van der Waals surface area contributed by atoms with Crippen molar-refractivity contribution in [2.24, 2.45) is 5.92 Å². The van der Waals surface area contributed by atoms with Crippen molar-refractivity contribution in [2.45, 2.75) is 32.7 Å². The Bertz CT molecular complexity index is 782. The molecular weight excluding hydrogens is 332 g/mol. The van der Waals surface area contributed by atoms with E-state index in [-0.39, 0.29) is 12.6 Å². The van der Waals surface area contributed by atoms with Gasteiger partial charge >= 0.3 is 12.0 Å². The summed E-state index contributed by atoms with van der Waals surface area (Å²) < 4.78 is 1.73. The van der Waals surface area contributed by atoms with Gasteiger partial charge in [0.05, 0.1) is 18.7 Å². The van der Waals surface area contributed by atoms with Crippen LogP contribution in [0.15, 0.2) is 36.5 Å². The quantitative estimate of drug-likeness (QED) is 0.862. The Kier molecular flexibility index (Phi) is 5.25. The van der Waals surface area contributed by atoms with Gasteiger partial charge in [0.25, 0.3) is 0 Å². The van der Waals surface area contributed by atoms with Gasteiger partial charge in [0.1, 0.15) is 5.82 Å².